The molecule has 0 saturated carbocycles. The van der Waals surface area contributed by atoms with Gasteiger partial charge in [-0.1, -0.05) is 72.8 Å². The normalized spacial score (nSPS) is 16.8. The summed E-state index contributed by atoms with van der Waals surface area (Å²) in [5.41, 5.74) is 2.03. The first-order valence-electron chi connectivity index (χ1n) is 12.4. The van der Waals surface area contributed by atoms with Crippen LogP contribution in [0.15, 0.2) is 72.8 Å². The Kier molecular flexibility index (Phi) is 8.00. The SMILES string of the molecule is CN[C@H](Cc1ccc2ccccc2c1)C(=O)N1CCN(CC(=O)N(C)C)C(=O)[C@H]1Cc1ccccc1. The summed E-state index contributed by atoms with van der Waals surface area (Å²) in [7, 11) is 5.14. The van der Waals surface area contributed by atoms with Crippen LogP contribution >= 0.6 is 0 Å². The van der Waals surface area contributed by atoms with E-state index in [0.717, 1.165) is 21.9 Å². The Bertz CT molecular complexity index is 1230. The number of nitrogens with zero attached hydrogens (tertiary/aromatic N) is 3. The van der Waals surface area contributed by atoms with Crippen LogP contribution in [0.4, 0.5) is 0 Å². The number of fused-ring (bicyclic) bond motifs is 1. The van der Waals surface area contributed by atoms with Gasteiger partial charge in [0.2, 0.25) is 17.7 Å². The third-order valence-electron chi connectivity index (χ3n) is 6.86. The molecular weight excluding hydrogens is 452 g/mol. The van der Waals surface area contributed by atoms with E-state index in [9.17, 15) is 14.4 Å². The van der Waals surface area contributed by atoms with E-state index in [1.807, 2.05) is 42.5 Å². The minimum absolute atomic E-state index is 0.0195. The molecule has 1 fully saturated rings. The zero-order valence-corrected chi connectivity index (χ0v) is 21.2. The Morgan fingerprint density at radius 2 is 1.64 bits per heavy atom. The summed E-state index contributed by atoms with van der Waals surface area (Å²) in [6.45, 7) is 0.742. The summed E-state index contributed by atoms with van der Waals surface area (Å²) < 4.78 is 0. The predicted molar refractivity (Wildman–Crippen MR) is 141 cm³/mol. The summed E-state index contributed by atoms with van der Waals surface area (Å²) in [4.78, 5) is 44.5. The Morgan fingerprint density at radius 3 is 2.33 bits per heavy atom. The Balaban J connectivity index is 1.56. The van der Waals surface area contributed by atoms with E-state index < -0.39 is 12.1 Å². The summed E-state index contributed by atoms with van der Waals surface area (Å²) in [6.07, 6.45) is 0.927. The molecule has 2 atom stereocenters. The van der Waals surface area contributed by atoms with Gasteiger partial charge in [0.25, 0.3) is 0 Å². The summed E-state index contributed by atoms with van der Waals surface area (Å²) in [5, 5.41) is 5.47. The zero-order valence-electron chi connectivity index (χ0n) is 21.2. The average Bonchev–Trinajstić information content (AvgIpc) is 2.89. The predicted octanol–water partition coefficient (Wildman–Crippen LogP) is 2.34. The molecule has 4 rings (SSSR count). The molecule has 0 unspecified atom stereocenters. The molecule has 1 aliphatic rings. The molecule has 1 N–H and O–H groups in total. The van der Waals surface area contributed by atoms with Gasteiger partial charge in [-0.3, -0.25) is 14.4 Å². The van der Waals surface area contributed by atoms with Gasteiger partial charge in [-0.25, -0.2) is 0 Å². The van der Waals surface area contributed by atoms with Crippen LogP contribution < -0.4 is 5.32 Å². The van der Waals surface area contributed by atoms with E-state index in [0.29, 0.717) is 25.9 Å². The summed E-state index contributed by atoms with van der Waals surface area (Å²) in [5.74, 6) is -0.418. The molecule has 188 valence electrons. The highest BCUT2D eigenvalue weighted by Gasteiger charge is 2.40. The third-order valence-corrected chi connectivity index (χ3v) is 6.86. The van der Waals surface area contributed by atoms with Crippen molar-refractivity contribution in [2.24, 2.45) is 0 Å². The first-order chi connectivity index (χ1) is 17.4. The average molecular weight is 487 g/mol. The van der Waals surface area contributed by atoms with Gasteiger partial charge in [0, 0.05) is 33.6 Å². The molecule has 3 amide bonds. The number of carbonyl (C=O) groups excluding carboxylic acids is 3. The fraction of sp³-hybridized carbons (Fsp3) is 0.345. The van der Waals surface area contributed by atoms with Crippen molar-refractivity contribution in [2.75, 3.05) is 40.8 Å². The molecule has 3 aromatic rings. The fourth-order valence-electron chi connectivity index (χ4n) is 4.71. The minimum atomic E-state index is -0.656. The third kappa shape index (κ3) is 5.74. The summed E-state index contributed by atoms with van der Waals surface area (Å²) in [6, 6.07) is 23.0. The lowest BCUT2D eigenvalue weighted by atomic mass is 9.97. The highest BCUT2D eigenvalue weighted by atomic mass is 16.2. The number of amides is 3. The maximum atomic E-state index is 13.8. The molecule has 3 aromatic carbocycles. The van der Waals surface area contributed by atoms with Gasteiger partial charge < -0.3 is 20.0 Å². The largest absolute Gasteiger partial charge is 0.347 e. The molecule has 0 aliphatic carbocycles. The van der Waals surface area contributed by atoms with Crippen LogP contribution in [-0.4, -0.2) is 85.3 Å². The van der Waals surface area contributed by atoms with Gasteiger partial charge in [-0.2, -0.15) is 0 Å². The fourth-order valence-corrected chi connectivity index (χ4v) is 4.71. The lowest BCUT2D eigenvalue weighted by Gasteiger charge is -2.42. The lowest BCUT2D eigenvalue weighted by molar-refractivity contribution is -0.154. The van der Waals surface area contributed by atoms with Crippen molar-refractivity contribution >= 4 is 28.5 Å². The molecule has 0 aromatic heterocycles. The number of benzene rings is 3. The molecule has 7 nitrogen and oxygen atoms in total. The van der Waals surface area contributed by atoms with Crippen LogP contribution in [0.25, 0.3) is 10.8 Å². The van der Waals surface area contributed by atoms with Crippen LogP contribution in [-0.2, 0) is 27.2 Å². The summed E-state index contributed by atoms with van der Waals surface area (Å²) >= 11 is 0. The van der Waals surface area contributed by atoms with Crippen molar-refractivity contribution in [3.05, 3.63) is 83.9 Å². The standard InChI is InChI=1S/C29H34N4O3/c1-30-25(18-22-13-14-23-11-7-8-12-24(23)17-22)28(35)33-16-15-32(20-27(34)31(2)3)29(36)26(33)19-21-9-5-4-6-10-21/h4-14,17,25-26,30H,15-16,18-20H2,1-3H3/t25-,26-/m1/s1. The van der Waals surface area contributed by atoms with Gasteiger partial charge in [0.1, 0.15) is 6.04 Å². The van der Waals surface area contributed by atoms with E-state index in [-0.39, 0.29) is 24.3 Å². The molecule has 1 saturated heterocycles. The number of nitrogens with one attached hydrogen (secondary N) is 1. The highest BCUT2D eigenvalue weighted by molar-refractivity contribution is 5.93. The van der Waals surface area contributed by atoms with Crippen LogP contribution in [0.5, 0.6) is 0 Å². The first-order valence-corrected chi connectivity index (χ1v) is 12.4. The molecule has 1 heterocycles. The lowest BCUT2D eigenvalue weighted by Crippen LogP contribution is -2.63. The molecule has 1 aliphatic heterocycles. The second-order valence-electron chi connectivity index (χ2n) is 9.51. The van der Waals surface area contributed by atoms with E-state index in [1.165, 1.54) is 4.90 Å². The highest BCUT2D eigenvalue weighted by Crippen LogP contribution is 2.21. The Labute approximate surface area is 212 Å². The molecular formula is C29H34N4O3. The smallest absolute Gasteiger partial charge is 0.246 e. The number of hydrogen-bond donors (Lipinski definition) is 1. The Hall–Kier alpha value is -3.71. The maximum Gasteiger partial charge on any atom is 0.246 e. The van der Waals surface area contributed by atoms with Crippen LogP contribution in [0.1, 0.15) is 11.1 Å². The number of likely N-dealkylation sites (N-methyl/N-ethyl adjacent to an activating group) is 2. The molecule has 0 radical (unpaired) electrons. The van der Waals surface area contributed by atoms with E-state index in [4.69, 9.17) is 0 Å². The number of hydrogen-bond acceptors (Lipinski definition) is 4. The number of piperazine rings is 1. The molecule has 36 heavy (non-hydrogen) atoms. The van der Waals surface area contributed by atoms with Gasteiger partial charge in [-0.15, -0.1) is 0 Å². The zero-order chi connectivity index (χ0) is 25.7. The second-order valence-corrected chi connectivity index (χ2v) is 9.51. The number of rotatable bonds is 8. The van der Waals surface area contributed by atoms with Crippen LogP contribution in [0.2, 0.25) is 0 Å². The van der Waals surface area contributed by atoms with Gasteiger partial charge in [0.15, 0.2) is 0 Å². The van der Waals surface area contributed by atoms with Crippen LogP contribution in [0, 0.1) is 0 Å². The van der Waals surface area contributed by atoms with Crippen molar-refractivity contribution in [1.82, 2.24) is 20.0 Å². The molecule has 7 heteroatoms. The Morgan fingerprint density at radius 1 is 0.944 bits per heavy atom. The van der Waals surface area contributed by atoms with E-state index in [2.05, 4.69) is 35.6 Å². The molecule has 0 bridgehead atoms. The van der Waals surface area contributed by atoms with Gasteiger partial charge >= 0.3 is 0 Å². The first kappa shape index (κ1) is 25.4. The van der Waals surface area contributed by atoms with E-state index >= 15 is 0 Å². The van der Waals surface area contributed by atoms with Crippen molar-refractivity contribution in [3.63, 3.8) is 0 Å². The van der Waals surface area contributed by atoms with Crippen LogP contribution in [0.3, 0.4) is 0 Å². The van der Waals surface area contributed by atoms with Crippen molar-refractivity contribution < 1.29 is 14.4 Å². The molecule has 0 spiro atoms. The van der Waals surface area contributed by atoms with Crippen molar-refractivity contribution in [3.8, 4) is 0 Å². The second kappa shape index (κ2) is 11.4. The maximum absolute atomic E-state index is 13.8. The van der Waals surface area contributed by atoms with Crippen molar-refractivity contribution in [2.45, 2.75) is 24.9 Å². The van der Waals surface area contributed by atoms with E-state index in [1.54, 1.807) is 30.9 Å². The topological polar surface area (TPSA) is 73.0 Å². The minimum Gasteiger partial charge on any atom is -0.347 e. The van der Waals surface area contributed by atoms with Crippen molar-refractivity contribution in [1.29, 1.82) is 0 Å². The number of carbonyl (C=O) groups is 3. The quantitative estimate of drug-likeness (QED) is 0.531. The monoisotopic (exact) mass is 486 g/mol. The van der Waals surface area contributed by atoms with Gasteiger partial charge in [0.05, 0.1) is 12.6 Å². The van der Waals surface area contributed by atoms with Gasteiger partial charge in [-0.05, 0) is 35.4 Å².